The van der Waals surface area contributed by atoms with E-state index in [9.17, 15) is 14.4 Å². The Balaban J connectivity index is 0.686. The van der Waals surface area contributed by atoms with E-state index in [0.29, 0.717) is 54.1 Å². The number of hydrogen-bond donors (Lipinski definition) is 3. The number of aryl methyl sites for hydroxylation is 2. The molecule has 5 fully saturated rings. The summed E-state index contributed by atoms with van der Waals surface area (Å²) in [7, 11) is 3.49. The largest absolute Gasteiger partial charge is 0.480 e. The van der Waals surface area contributed by atoms with Gasteiger partial charge < -0.3 is 34.6 Å². The molecule has 11 rings (SSSR count). The molecule has 2 unspecified atom stereocenters. The molecule has 5 aliphatic heterocycles. The van der Waals surface area contributed by atoms with Crippen LogP contribution in [0.25, 0.3) is 21.8 Å². The number of halogens is 3. The number of rotatable bonds is 8. The number of benzene rings is 2. The Kier molecular flexibility index (Phi) is 10.6. The van der Waals surface area contributed by atoms with E-state index in [0.717, 1.165) is 101 Å². The van der Waals surface area contributed by atoms with Crippen molar-refractivity contribution in [2.45, 2.75) is 82.1 Å². The van der Waals surface area contributed by atoms with E-state index in [2.05, 4.69) is 58.8 Å². The molecule has 1 aliphatic carbocycles. The van der Waals surface area contributed by atoms with Gasteiger partial charge in [-0.25, -0.2) is 18.2 Å². The minimum atomic E-state index is -3.16. The van der Waals surface area contributed by atoms with Gasteiger partial charge in [-0.1, -0.05) is 0 Å². The standard InChI is InChI=1S/C48H56F3N11O4/c1-58-36-9-5-30(23-34(36)40-41(45(58)65)66-27-48(50,51)42(55-40)29-3-4-29)53-43-35(49)25-52-46(56-43)62-21-15-47(16-22-62)13-19-60(20-14-47)26-28-11-17-61(18-12-28)31-6-7-32-37(24-31)59(2)57-39(32)33-8-10-38(63)54-44(33)64/h5-7,9,23-25,28-29,33,42,55H,3-4,8,10-22,26-27H2,1-2H3,(H,52,53,56)(H,54,63,64). The normalized spacial score (nSPS) is 23.7. The van der Waals surface area contributed by atoms with Crippen molar-refractivity contribution < 1.29 is 27.5 Å². The Hall–Kier alpha value is -5.91. The number of amides is 2. The Labute approximate surface area is 380 Å². The van der Waals surface area contributed by atoms with Crippen LogP contribution in [0.5, 0.6) is 5.75 Å². The molecule has 0 radical (unpaired) electrons. The lowest BCUT2D eigenvalue weighted by Gasteiger charge is -2.47. The summed E-state index contributed by atoms with van der Waals surface area (Å²) in [4.78, 5) is 53.9. The quantitative estimate of drug-likeness (QED) is 0.147. The lowest BCUT2D eigenvalue weighted by atomic mass is 9.71. The number of pyridine rings is 1. The molecule has 348 valence electrons. The zero-order valence-corrected chi connectivity index (χ0v) is 37.4. The predicted octanol–water partition coefficient (Wildman–Crippen LogP) is 6.44. The molecule has 2 aromatic carbocycles. The van der Waals surface area contributed by atoms with E-state index in [1.165, 1.54) is 16.5 Å². The number of piperidine rings is 4. The van der Waals surface area contributed by atoms with Gasteiger partial charge in [0.05, 0.1) is 40.6 Å². The Morgan fingerprint density at radius 2 is 1.62 bits per heavy atom. The van der Waals surface area contributed by atoms with Crippen molar-refractivity contribution in [2.75, 3.05) is 72.9 Å². The van der Waals surface area contributed by atoms with E-state index in [-0.39, 0.29) is 40.4 Å². The van der Waals surface area contributed by atoms with Crippen LogP contribution in [-0.2, 0) is 23.7 Å². The summed E-state index contributed by atoms with van der Waals surface area (Å²) < 4.78 is 54.4. The van der Waals surface area contributed by atoms with Crippen molar-refractivity contribution in [1.82, 2.24) is 34.5 Å². The first kappa shape index (κ1) is 42.7. The lowest BCUT2D eigenvalue weighted by molar-refractivity contribution is -0.134. The van der Waals surface area contributed by atoms with Gasteiger partial charge in [-0.05, 0) is 125 Å². The second-order valence-electron chi connectivity index (χ2n) is 19.7. The molecule has 2 atom stereocenters. The van der Waals surface area contributed by atoms with Gasteiger partial charge in [0.25, 0.3) is 5.56 Å². The number of carbonyl (C=O) groups is 2. The van der Waals surface area contributed by atoms with Crippen LogP contribution >= 0.6 is 0 Å². The Bertz CT molecular complexity index is 2780. The maximum absolute atomic E-state index is 15.3. The van der Waals surface area contributed by atoms with E-state index in [1.807, 2.05) is 11.7 Å². The van der Waals surface area contributed by atoms with Crippen LogP contribution in [-0.4, -0.2) is 105 Å². The fourth-order valence-corrected chi connectivity index (χ4v) is 11.3. The van der Waals surface area contributed by atoms with Gasteiger partial charge >= 0.3 is 5.92 Å². The average molecular weight is 908 g/mol. The van der Waals surface area contributed by atoms with Crippen LogP contribution in [0.3, 0.4) is 0 Å². The number of alkyl halides is 2. The molecule has 8 heterocycles. The molecule has 4 saturated heterocycles. The zero-order valence-electron chi connectivity index (χ0n) is 37.4. The SMILES string of the molecule is Cn1nc(C2CCC(=O)NC2=O)c2ccc(N3CCC(CN4CCC5(CC4)CCN(c4ncc(F)c(Nc6ccc7c(c6)c6c(c(=O)n7C)OCC(F)(F)C(C7CC7)N6)n4)CC5)CC3)cc21. The van der Waals surface area contributed by atoms with Crippen LogP contribution in [0.15, 0.2) is 47.4 Å². The van der Waals surface area contributed by atoms with Crippen LogP contribution in [0.1, 0.15) is 75.8 Å². The highest BCUT2D eigenvalue weighted by Gasteiger charge is 2.51. The van der Waals surface area contributed by atoms with Gasteiger partial charge in [0.2, 0.25) is 23.5 Å². The van der Waals surface area contributed by atoms with Crippen molar-refractivity contribution in [3.63, 3.8) is 0 Å². The fraction of sp³-hybridized carbons (Fsp3) is 0.542. The number of ether oxygens (including phenoxy) is 1. The van der Waals surface area contributed by atoms with Gasteiger partial charge in [-0.3, -0.25) is 24.4 Å². The third-order valence-electron chi connectivity index (χ3n) is 15.6. The van der Waals surface area contributed by atoms with Crippen molar-refractivity contribution in [1.29, 1.82) is 0 Å². The number of nitrogens with one attached hydrogen (secondary N) is 3. The molecular formula is C48H56F3N11O4. The van der Waals surface area contributed by atoms with Crippen molar-refractivity contribution >= 4 is 62.4 Å². The van der Waals surface area contributed by atoms with E-state index in [4.69, 9.17) is 9.84 Å². The van der Waals surface area contributed by atoms with Gasteiger partial charge in [0.1, 0.15) is 0 Å². The lowest BCUT2D eigenvalue weighted by Crippen LogP contribution is -2.48. The summed E-state index contributed by atoms with van der Waals surface area (Å²) in [5, 5.41) is 14.8. The van der Waals surface area contributed by atoms with Crippen LogP contribution in [0, 0.1) is 23.1 Å². The molecular weight excluding hydrogens is 852 g/mol. The van der Waals surface area contributed by atoms with Crippen LogP contribution in [0.4, 0.5) is 42.0 Å². The number of carbonyl (C=O) groups excluding carboxylic acids is 2. The van der Waals surface area contributed by atoms with Gasteiger partial charge in [0.15, 0.2) is 18.2 Å². The minimum absolute atomic E-state index is 0.0105. The van der Waals surface area contributed by atoms with Gasteiger partial charge in [-0.2, -0.15) is 10.1 Å². The average Bonchev–Trinajstić information content (AvgIpc) is 4.12. The highest BCUT2D eigenvalue weighted by atomic mass is 19.3. The number of hydrogen-bond acceptors (Lipinski definition) is 12. The molecule has 1 spiro atoms. The minimum Gasteiger partial charge on any atom is -0.480 e. The topological polar surface area (TPSA) is 155 Å². The maximum Gasteiger partial charge on any atom is 0.301 e. The highest BCUT2D eigenvalue weighted by Crippen LogP contribution is 2.46. The molecule has 18 heteroatoms. The first-order valence-corrected chi connectivity index (χ1v) is 23.6. The number of fused-ring (bicyclic) bond motifs is 4. The summed E-state index contributed by atoms with van der Waals surface area (Å²) in [6, 6.07) is 10.4. The Morgan fingerprint density at radius 1 is 0.864 bits per heavy atom. The van der Waals surface area contributed by atoms with Crippen molar-refractivity contribution in [3.8, 4) is 5.75 Å². The third-order valence-corrected chi connectivity index (χ3v) is 15.6. The molecule has 1 saturated carbocycles. The maximum atomic E-state index is 15.3. The Morgan fingerprint density at radius 3 is 2.36 bits per heavy atom. The molecule has 2 amide bonds. The second kappa shape index (κ2) is 16.5. The highest BCUT2D eigenvalue weighted by molar-refractivity contribution is 6.03. The molecule has 3 N–H and O–H groups in total. The summed E-state index contributed by atoms with van der Waals surface area (Å²) in [6.45, 7) is 5.95. The molecule has 66 heavy (non-hydrogen) atoms. The first-order chi connectivity index (χ1) is 31.8. The third kappa shape index (κ3) is 7.87. The van der Waals surface area contributed by atoms with Crippen LogP contribution < -0.4 is 36.0 Å². The summed E-state index contributed by atoms with van der Waals surface area (Å²) >= 11 is 0. The van der Waals surface area contributed by atoms with E-state index >= 15 is 13.2 Å². The summed E-state index contributed by atoms with van der Waals surface area (Å²) in [6.07, 6.45) is 9.96. The number of aromatic nitrogens is 5. The number of nitrogens with zero attached hydrogens (tertiary/aromatic N) is 8. The van der Waals surface area contributed by atoms with Crippen molar-refractivity contribution in [3.05, 3.63) is 64.5 Å². The first-order valence-electron chi connectivity index (χ1n) is 23.6. The molecule has 0 bridgehead atoms. The summed E-state index contributed by atoms with van der Waals surface area (Å²) in [5.74, 6) is -3.92. The zero-order chi connectivity index (χ0) is 45.5. The molecule has 15 nitrogen and oxygen atoms in total. The van der Waals surface area contributed by atoms with E-state index < -0.39 is 35.9 Å². The number of imide groups is 1. The summed E-state index contributed by atoms with van der Waals surface area (Å²) in [5.41, 5.74) is 3.90. The second-order valence-corrected chi connectivity index (χ2v) is 19.7. The number of anilines is 5. The molecule has 6 aliphatic rings. The smallest absolute Gasteiger partial charge is 0.301 e. The monoisotopic (exact) mass is 907 g/mol. The van der Waals surface area contributed by atoms with Crippen molar-refractivity contribution in [2.24, 2.45) is 31.3 Å². The van der Waals surface area contributed by atoms with Gasteiger partial charge in [-0.15, -0.1) is 0 Å². The van der Waals surface area contributed by atoms with E-state index in [1.54, 1.807) is 25.2 Å². The molecule has 3 aromatic heterocycles. The predicted molar refractivity (Wildman–Crippen MR) is 245 cm³/mol. The van der Waals surface area contributed by atoms with Gasteiger partial charge in [0, 0.05) is 75.4 Å². The fourth-order valence-electron chi connectivity index (χ4n) is 11.3. The molecule has 5 aromatic rings. The number of likely N-dealkylation sites (tertiary alicyclic amines) is 1. The van der Waals surface area contributed by atoms with Crippen LogP contribution in [0.2, 0.25) is 0 Å².